The molecular formula is C17H29FN2O2. The van der Waals surface area contributed by atoms with Crippen molar-refractivity contribution in [3.8, 4) is 0 Å². The summed E-state index contributed by atoms with van der Waals surface area (Å²) in [5.41, 5.74) is 1.45. The minimum Gasteiger partial charge on any atom is -0.392 e. The molecule has 0 fully saturated rings. The molecule has 2 N–H and O–H groups in total. The summed E-state index contributed by atoms with van der Waals surface area (Å²) in [6.07, 6.45) is 5.46. The highest BCUT2D eigenvalue weighted by molar-refractivity contribution is 5.75. The topological polar surface area (TPSA) is 58.2 Å². The van der Waals surface area contributed by atoms with Gasteiger partial charge in [0.1, 0.15) is 12.1 Å². The molecule has 0 radical (unpaired) electrons. The van der Waals surface area contributed by atoms with E-state index in [9.17, 15) is 14.0 Å². The molecule has 126 valence electrons. The zero-order valence-electron chi connectivity index (χ0n) is 14.3. The Bertz CT molecular complexity index is 413. The van der Waals surface area contributed by atoms with E-state index in [1.807, 2.05) is 20.8 Å². The minimum absolute atomic E-state index is 0.00292. The molecule has 0 aliphatic rings. The number of amides is 1. The number of carbonyl (C=O) groups excluding carboxylic acids is 2. The third-order valence-electron chi connectivity index (χ3n) is 2.86. The molecule has 0 saturated heterocycles. The summed E-state index contributed by atoms with van der Waals surface area (Å²) in [5.74, 6) is -0.0490. The molecule has 0 spiro atoms. The molecule has 0 aromatic rings. The summed E-state index contributed by atoms with van der Waals surface area (Å²) in [4.78, 5) is 20.2. The Kier molecular flexibility index (Phi) is 14.3. The van der Waals surface area contributed by atoms with Crippen LogP contribution >= 0.6 is 0 Å². The Morgan fingerprint density at radius 2 is 1.86 bits per heavy atom. The molecule has 0 saturated carbocycles. The minimum atomic E-state index is -0.211. The maximum atomic E-state index is 13.4. The number of halogens is 1. The van der Waals surface area contributed by atoms with Gasteiger partial charge in [0, 0.05) is 32.6 Å². The number of carbonyl (C=O) groups is 2. The van der Waals surface area contributed by atoms with Crippen LogP contribution in [0.4, 0.5) is 4.39 Å². The Labute approximate surface area is 133 Å². The SMILES string of the molecule is C=C/C(=C(F)\C=C(/C)NC)C(C)C.CNC(=O)CCCC=O. The zero-order chi connectivity index (χ0) is 17.5. The number of aldehydes is 1. The van der Waals surface area contributed by atoms with Gasteiger partial charge in [-0.05, 0) is 30.9 Å². The lowest BCUT2D eigenvalue weighted by atomic mass is 10.0. The summed E-state index contributed by atoms with van der Waals surface area (Å²) in [7, 11) is 3.35. The van der Waals surface area contributed by atoms with Crippen molar-refractivity contribution >= 4 is 12.2 Å². The van der Waals surface area contributed by atoms with Crippen LogP contribution in [0.1, 0.15) is 40.0 Å². The van der Waals surface area contributed by atoms with Crippen molar-refractivity contribution in [2.75, 3.05) is 14.1 Å². The Morgan fingerprint density at radius 1 is 1.27 bits per heavy atom. The summed E-state index contributed by atoms with van der Waals surface area (Å²) in [5, 5.41) is 5.34. The van der Waals surface area contributed by atoms with E-state index in [4.69, 9.17) is 0 Å². The Hall–Kier alpha value is -1.91. The molecule has 0 unspecified atom stereocenters. The first kappa shape index (κ1) is 22.4. The highest BCUT2D eigenvalue weighted by Crippen LogP contribution is 2.18. The van der Waals surface area contributed by atoms with E-state index < -0.39 is 0 Å². The first-order valence-corrected chi connectivity index (χ1v) is 7.36. The fourth-order valence-electron chi connectivity index (χ4n) is 1.43. The van der Waals surface area contributed by atoms with Crippen LogP contribution in [0.5, 0.6) is 0 Å². The van der Waals surface area contributed by atoms with Crippen LogP contribution in [0.25, 0.3) is 0 Å². The average Bonchev–Trinajstić information content (AvgIpc) is 2.48. The number of hydrogen-bond donors (Lipinski definition) is 2. The molecule has 1 amide bonds. The number of unbranched alkanes of at least 4 members (excludes halogenated alkanes) is 1. The van der Waals surface area contributed by atoms with Crippen molar-refractivity contribution in [3.05, 3.63) is 35.8 Å². The number of nitrogens with one attached hydrogen (secondary N) is 2. The average molecular weight is 312 g/mol. The molecule has 0 aliphatic carbocycles. The molecule has 4 nitrogen and oxygen atoms in total. The van der Waals surface area contributed by atoms with Gasteiger partial charge in [0.05, 0.1) is 0 Å². The van der Waals surface area contributed by atoms with Gasteiger partial charge in [-0.25, -0.2) is 4.39 Å². The summed E-state index contributed by atoms with van der Waals surface area (Å²) in [6, 6.07) is 0. The number of rotatable bonds is 8. The van der Waals surface area contributed by atoms with Gasteiger partial charge >= 0.3 is 0 Å². The van der Waals surface area contributed by atoms with E-state index in [2.05, 4.69) is 17.2 Å². The normalized spacial score (nSPS) is 11.9. The third-order valence-corrected chi connectivity index (χ3v) is 2.86. The van der Waals surface area contributed by atoms with Crippen LogP contribution in [0, 0.1) is 5.92 Å². The first-order valence-electron chi connectivity index (χ1n) is 7.36. The molecule has 22 heavy (non-hydrogen) atoms. The van der Waals surface area contributed by atoms with Crippen LogP contribution < -0.4 is 10.6 Å². The van der Waals surface area contributed by atoms with Crippen molar-refractivity contribution < 1.29 is 14.0 Å². The van der Waals surface area contributed by atoms with Crippen molar-refractivity contribution in [1.29, 1.82) is 0 Å². The lowest BCUT2D eigenvalue weighted by Gasteiger charge is -2.07. The molecule has 0 heterocycles. The predicted octanol–water partition coefficient (Wildman–Crippen LogP) is 3.28. The smallest absolute Gasteiger partial charge is 0.219 e. The van der Waals surface area contributed by atoms with E-state index in [1.165, 1.54) is 6.08 Å². The van der Waals surface area contributed by atoms with E-state index in [-0.39, 0.29) is 17.7 Å². The van der Waals surface area contributed by atoms with E-state index >= 15 is 0 Å². The standard InChI is InChI=1S/C11H18FN.C6H11NO2/c1-6-10(8(2)3)11(12)7-9(4)13-5;1-7-6(9)4-2-3-5-8/h6-8,13H,1H2,2-5H3;5H,2-4H2,1H3,(H,7,9)/b9-7+,11-10-;. The van der Waals surface area contributed by atoms with Crippen molar-refractivity contribution in [3.63, 3.8) is 0 Å². The molecule has 0 rings (SSSR count). The van der Waals surface area contributed by atoms with Crippen molar-refractivity contribution in [1.82, 2.24) is 10.6 Å². The zero-order valence-corrected chi connectivity index (χ0v) is 14.3. The van der Waals surface area contributed by atoms with Gasteiger partial charge in [-0.3, -0.25) is 4.79 Å². The maximum absolute atomic E-state index is 13.4. The maximum Gasteiger partial charge on any atom is 0.219 e. The number of hydrogen-bond acceptors (Lipinski definition) is 3. The predicted molar refractivity (Wildman–Crippen MR) is 90.0 cm³/mol. The summed E-state index contributed by atoms with van der Waals surface area (Å²) >= 11 is 0. The second-order valence-electron chi connectivity index (χ2n) is 4.97. The highest BCUT2D eigenvalue weighted by Gasteiger charge is 2.05. The molecule has 0 bridgehead atoms. The van der Waals surface area contributed by atoms with Crippen molar-refractivity contribution in [2.45, 2.75) is 40.0 Å². The fraction of sp³-hybridized carbons (Fsp3) is 0.529. The van der Waals surface area contributed by atoms with Crippen LogP contribution in [-0.4, -0.2) is 26.3 Å². The highest BCUT2D eigenvalue weighted by atomic mass is 19.1. The third kappa shape index (κ3) is 11.9. The quantitative estimate of drug-likeness (QED) is 0.411. The lowest BCUT2D eigenvalue weighted by molar-refractivity contribution is -0.120. The van der Waals surface area contributed by atoms with Crippen LogP contribution in [0.15, 0.2) is 35.8 Å². The van der Waals surface area contributed by atoms with Gasteiger partial charge in [-0.1, -0.05) is 26.5 Å². The van der Waals surface area contributed by atoms with Gasteiger partial charge < -0.3 is 15.4 Å². The molecule has 0 aromatic heterocycles. The molecule has 5 heteroatoms. The van der Waals surface area contributed by atoms with Gasteiger partial charge in [0.2, 0.25) is 5.91 Å². The first-order chi connectivity index (χ1) is 10.3. The van der Waals surface area contributed by atoms with E-state index in [1.54, 1.807) is 20.2 Å². The Morgan fingerprint density at radius 3 is 2.23 bits per heavy atom. The largest absolute Gasteiger partial charge is 0.392 e. The summed E-state index contributed by atoms with van der Waals surface area (Å²) in [6.45, 7) is 9.30. The Balaban J connectivity index is 0. The van der Waals surface area contributed by atoms with Crippen LogP contribution in [0.3, 0.4) is 0 Å². The fourth-order valence-corrected chi connectivity index (χ4v) is 1.43. The molecule has 0 aromatic carbocycles. The van der Waals surface area contributed by atoms with E-state index in [0.717, 1.165) is 12.0 Å². The van der Waals surface area contributed by atoms with Gasteiger partial charge in [0.15, 0.2) is 0 Å². The molecular weight excluding hydrogens is 283 g/mol. The van der Waals surface area contributed by atoms with Crippen LogP contribution in [-0.2, 0) is 9.59 Å². The number of allylic oxidation sites excluding steroid dienone is 5. The van der Waals surface area contributed by atoms with Gasteiger partial charge in [0.25, 0.3) is 0 Å². The van der Waals surface area contributed by atoms with Gasteiger partial charge in [-0.2, -0.15) is 0 Å². The van der Waals surface area contributed by atoms with E-state index in [0.29, 0.717) is 24.8 Å². The second kappa shape index (κ2) is 14.0. The summed E-state index contributed by atoms with van der Waals surface area (Å²) < 4.78 is 13.4. The monoisotopic (exact) mass is 312 g/mol. The molecule has 0 atom stereocenters. The second-order valence-corrected chi connectivity index (χ2v) is 4.97. The van der Waals surface area contributed by atoms with Crippen LogP contribution in [0.2, 0.25) is 0 Å². The van der Waals surface area contributed by atoms with Gasteiger partial charge in [-0.15, -0.1) is 0 Å². The van der Waals surface area contributed by atoms with Crippen molar-refractivity contribution in [2.24, 2.45) is 5.92 Å². The lowest BCUT2D eigenvalue weighted by Crippen LogP contribution is -2.16. The molecule has 0 aliphatic heterocycles.